The molecule has 0 aliphatic carbocycles. The molecule has 7 nitrogen and oxygen atoms in total. The van der Waals surface area contributed by atoms with Crippen LogP contribution < -0.4 is 10.6 Å². The van der Waals surface area contributed by atoms with Crippen molar-refractivity contribution >= 4 is 28.9 Å². The first kappa shape index (κ1) is 23.6. The second kappa shape index (κ2) is 10.2. The zero-order valence-corrected chi connectivity index (χ0v) is 20.5. The van der Waals surface area contributed by atoms with Crippen LogP contribution in [0.25, 0.3) is 5.82 Å². The van der Waals surface area contributed by atoms with Crippen LogP contribution in [0.15, 0.2) is 85.3 Å². The number of halogens is 1. The van der Waals surface area contributed by atoms with E-state index >= 15 is 0 Å². The highest BCUT2D eigenvalue weighted by atomic mass is 32.1. The number of nitrogens with one attached hydrogen (secondary N) is 2. The molecule has 0 radical (unpaired) electrons. The number of carbonyl (C=O) groups excluding carboxylic acids is 1. The molecule has 1 saturated heterocycles. The SMILES string of the molecule is Cc1ccc(-n2cccc2[C@H]2[C@@H](c3ccccn3)NC(=S)N2CCC(=O)Nc2ccc(F)cc2)nc1. The molecule has 3 aromatic heterocycles. The molecule has 2 N–H and O–H groups in total. The third-order valence-electron chi connectivity index (χ3n) is 6.13. The zero-order chi connectivity index (χ0) is 25.1. The van der Waals surface area contributed by atoms with E-state index in [1.807, 2.05) is 71.2 Å². The number of carbonyl (C=O) groups is 1. The average molecular weight is 501 g/mol. The molecular formula is C27H25FN6OS. The molecule has 0 spiro atoms. The fourth-order valence-electron chi connectivity index (χ4n) is 4.39. The third kappa shape index (κ3) is 4.96. The highest BCUT2D eigenvalue weighted by molar-refractivity contribution is 7.80. The van der Waals surface area contributed by atoms with Gasteiger partial charge in [0.2, 0.25) is 5.91 Å². The first-order valence-electron chi connectivity index (χ1n) is 11.6. The van der Waals surface area contributed by atoms with Crippen molar-refractivity contribution in [3.63, 3.8) is 0 Å². The first-order chi connectivity index (χ1) is 17.5. The smallest absolute Gasteiger partial charge is 0.226 e. The Hall–Kier alpha value is -4.11. The van der Waals surface area contributed by atoms with E-state index in [0.29, 0.717) is 17.3 Å². The van der Waals surface area contributed by atoms with Crippen LogP contribution in [0.1, 0.15) is 35.5 Å². The van der Waals surface area contributed by atoms with E-state index in [0.717, 1.165) is 22.8 Å². The molecule has 0 bridgehead atoms. The number of aryl methyl sites for hydroxylation is 1. The minimum absolute atomic E-state index is 0.181. The summed E-state index contributed by atoms with van der Waals surface area (Å²) in [6, 6.07) is 19.1. The minimum Gasteiger partial charge on any atom is -0.352 e. The lowest BCUT2D eigenvalue weighted by Gasteiger charge is -2.28. The van der Waals surface area contributed by atoms with Crippen LogP contribution in [-0.2, 0) is 4.79 Å². The Morgan fingerprint density at radius 2 is 1.92 bits per heavy atom. The number of hydrogen-bond acceptors (Lipinski definition) is 4. The van der Waals surface area contributed by atoms with Gasteiger partial charge in [0, 0.05) is 42.9 Å². The average Bonchev–Trinajstić information content (AvgIpc) is 3.49. The molecular weight excluding hydrogens is 475 g/mol. The summed E-state index contributed by atoms with van der Waals surface area (Å²) in [6.07, 6.45) is 5.78. The lowest BCUT2D eigenvalue weighted by atomic mass is 10.0. The van der Waals surface area contributed by atoms with Crippen molar-refractivity contribution in [2.24, 2.45) is 0 Å². The predicted molar refractivity (Wildman–Crippen MR) is 140 cm³/mol. The monoisotopic (exact) mass is 500 g/mol. The summed E-state index contributed by atoms with van der Waals surface area (Å²) in [7, 11) is 0. The molecule has 0 unspecified atom stereocenters. The number of thiocarbonyl (C=S) groups is 1. The second-order valence-electron chi connectivity index (χ2n) is 8.62. The largest absolute Gasteiger partial charge is 0.352 e. The van der Waals surface area contributed by atoms with Crippen LogP contribution in [0.5, 0.6) is 0 Å². The Morgan fingerprint density at radius 1 is 1.08 bits per heavy atom. The molecule has 0 saturated carbocycles. The Morgan fingerprint density at radius 3 is 2.64 bits per heavy atom. The molecule has 1 aliphatic rings. The van der Waals surface area contributed by atoms with Gasteiger partial charge in [-0.2, -0.15) is 0 Å². The fraction of sp³-hybridized carbons (Fsp3) is 0.185. The maximum absolute atomic E-state index is 13.2. The second-order valence-corrected chi connectivity index (χ2v) is 9.01. The van der Waals surface area contributed by atoms with Crippen molar-refractivity contribution in [3.8, 4) is 5.82 Å². The van der Waals surface area contributed by atoms with Crippen LogP contribution in [0.4, 0.5) is 10.1 Å². The predicted octanol–water partition coefficient (Wildman–Crippen LogP) is 4.72. The number of rotatable bonds is 7. The molecule has 1 fully saturated rings. The molecule has 36 heavy (non-hydrogen) atoms. The summed E-state index contributed by atoms with van der Waals surface area (Å²) in [5.41, 5.74) is 3.46. The van der Waals surface area contributed by atoms with Gasteiger partial charge in [0.05, 0.1) is 17.8 Å². The fourth-order valence-corrected chi connectivity index (χ4v) is 4.72. The van der Waals surface area contributed by atoms with Crippen molar-refractivity contribution in [2.75, 3.05) is 11.9 Å². The molecule has 1 aliphatic heterocycles. The number of aromatic nitrogens is 3. The Labute approximate surface area is 214 Å². The van der Waals surface area contributed by atoms with Gasteiger partial charge in [-0.1, -0.05) is 12.1 Å². The quantitative estimate of drug-likeness (QED) is 0.358. The maximum atomic E-state index is 13.2. The van der Waals surface area contributed by atoms with Crippen molar-refractivity contribution < 1.29 is 9.18 Å². The minimum atomic E-state index is -0.351. The number of anilines is 1. The topological polar surface area (TPSA) is 75.1 Å². The molecule has 9 heteroatoms. The molecule has 2 atom stereocenters. The molecule has 1 aromatic carbocycles. The van der Waals surface area contributed by atoms with Crippen molar-refractivity contribution in [3.05, 3.63) is 108 Å². The molecule has 5 rings (SSSR count). The van der Waals surface area contributed by atoms with Crippen molar-refractivity contribution in [2.45, 2.75) is 25.4 Å². The summed E-state index contributed by atoms with van der Waals surface area (Å²) < 4.78 is 15.2. The summed E-state index contributed by atoms with van der Waals surface area (Å²) in [5, 5.41) is 6.78. The maximum Gasteiger partial charge on any atom is 0.226 e. The highest BCUT2D eigenvalue weighted by Gasteiger charge is 2.41. The van der Waals surface area contributed by atoms with Gasteiger partial charge in [0.1, 0.15) is 11.6 Å². The van der Waals surface area contributed by atoms with Gasteiger partial charge in [-0.15, -0.1) is 0 Å². The molecule has 1 amide bonds. The summed E-state index contributed by atoms with van der Waals surface area (Å²) in [4.78, 5) is 23.9. The van der Waals surface area contributed by atoms with E-state index in [2.05, 4.69) is 20.6 Å². The third-order valence-corrected chi connectivity index (χ3v) is 6.48. The highest BCUT2D eigenvalue weighted by Crippen LogP contribution is 2.39. The molecule has 182 valence electrons. The number of pyridine rings is 2. The van der Waals surface area contributed by atoms with Gasteiger partial charge in [0.25, 0.3) is 0 Å². The number of hydrogen-bond donors (Lipinski definition) is 2. The Bertz CT molecular complexity index is 1360. The van der Waals surface area contributed by atoms with E-state index in [-0.39, 0.29) is 30.2 Å². The Balaban J connectivity index is 1.43. The van der Waals surface area contributed by atoms with E-state index in [1.165, 1.54) is 24.3 Å². The summed E-state index contributed by atoms with van der Waals surface area (Å²) >= 11 is 5.73. The molecule has 4 aromatic rings. The van der Waals surface area contributed by atoms with Crippen molar-refractivity contribution in [1.29, 1.82) is 0 Å². The van der Waals surface area contributed by atoms with E-state index in [9.17, 15) is 9.18 Å². The van der Waals surface area contributed by atoms with Gasteiger partial charge in [-0.3, -0.25) is 9.78 Å². The lowest BCUT2D eigenvalue weighted by molar-refractivity contribution is -0.116. The summed E-state index contributed by atoms with van der Waals surface area (Å²) in [6.45, 7) is 2.39. The van der Waals surface area contributed by atoms with Crippen LogP contribution in [-0.4, -0.2) is 37.0 Å². The van der Waals surface area contributed by atoms with Crippen LogP contribution >= 0.6 is 12.2 Å². The Kier molecular flexibility index (Phi) is 6.73. The standard InChI is InChI=1S/C27H25FN6OS/c1-18-7-12-23(30-17-18)33-15-4-6-22(33)26-25(21-5-2-3-14-29-21)32-27(36)34(26)16-13-24(35)31-20-10-8-19(28)9-11-20/h2-12,14-15,17,25-26H,13,16H2,1H3,(H,31,35)(H,32,36)/t25-,26+/m1/s1. The normalized spacial score (nSPS) is 17.2. The van der Waals surface area contributed by atoms with E-state index in [4.69, 9.17) is 12.2 Å². The number of benzene rings is 1. The van der Waals surface area contributed by atoms with Gasteiger partial charge in [-0.05, 0) is 79.3 Å². The van der Waals surface area contributed by atoms with Gasteiger partial charge >= 0.3 is 0 Å². The first-order valence-corrected chi connectivity index (χ1v) is 12.0. The van der Waals surface area contributed by atoms with Crippen LogP contribution in [0, 0.1) is 12.7 Å². The lowest BCUT2D eigenvalue weighted by Crippen LogP contribution is -2.33. The number of nitrogens with zero attached hydrogens (tertiary/aromatic N) is 4. The van der Waals surface area contributed by atoms with E-state index in [1.54, 1.807) is 6.20 Å². The zero-order valence-electron chi connectivity index (χ0n) is 19.6. The van der Waals surface area contributed by atoms with Crippen molar-refractivity contribution in [1.82, 2.24) is 24.8 Å². The summed E-state index contributed by atoms with van der Waals surface area (Å²) in [5.74, 6) is 0.267. The molecule has 4 heterocycles. The number of amides is 1. The van der Waals surface area contributed by atoms with E-state index < -0.39 is 0 Å². The van der Waals surface area contributed by atoms with Crippen LogP contribution in [0.3, 0.4) is 0 Å². The van der Waals surface area contributed by atoms with Gasteiger partial charge in [0.15, 0.2) is 5.11 Å². The van der Waals surface area contributed by atoms with Gasteiger partial charge in [-0.25, -0.2) is 9.37 Å². The van der Waals surface area contributed by atoms with Gasteiger partial charge < -0.3 is 20.1 Å². The van der Waals surface area contributed by atoms with Crippen LogP contribution in [0.2, 0.25) is 0 Å².